The standard InChI is InChI=1S/C33H34FNO6/c1-3-7-21-17-22(18-28(40-2)33(21)41-19-20-8-4-9-23(34)16-20)30-31-24(10-5-12-26(31)36)35(15-14-29(38)39)25-11-6-13-27(37)32(25)30/h3-4,8-9,16-18,30H,1,5-7,10-15,19H2,2H3,(H,38,39). The summed E-state index contributed by atoms with van der Waals surface area (Å²) in [6, 6.07) is 9.96. The van der Waals surface area contributed by atoms with Crippen LogP contribution in [0.25, 0.3) is 0 Å². The molecule has 2 aliphatic carbocycles. The minimum Gasteiger partial charge on any atom is -0.493 e. The molecular formula is C33H34FNO6. The molecular weight excluding hydrogens is 525 g/mol. The first kappa shape index (κ1) is 28.3. The van der Waals surface area contributed by atoms with Crippen molar-refractivity contribution in [1.29, 1.82) is 0 Å². The second kappa shape index (κ2) is 12.1. The lowest BCUT2D eigenvalue weighted by Crippen LogP contribution is -2.40. The molecule has 0 radical (unpaired) electrons. The number of hydrogen-bond acceptors (Lipinski definition) is 6. The predicted octanol–water partition coefficient (Wildman–Crippen LogP) is 6.03. The lowest BCUT2D eigenvalue weighted by Gasteiger charge is -2.44. The average Bonchev–Trinajstić information content (AvgIpc) is 2.95. The van der Waals surface area contributed by atoms with Crippen LogP contribution >= 0.6 is 0 Å². The number of methoxy groups -OCH3 is 1. The van der Waals surface area contributed by atoms with Crippen LogP contribution < -0.4 is 9.47 Å². The Balaban J connectivity index is 1.64. The van der Waals surface area contributed by atoms with Gasteiger partial charge in [0, 0.05) is 53.4 Å². The molecule has 0 fully saturated rings. The van der Waals surface area contributed by atoms with E-state index >= 15 is 0 Å². The van der Waals surface area contributed by atoms with E-state index in [-0.39, 0.29) is 37.0 Å². The Kier molecular flexibility index (Phi) is 8.38. The quantitative estimate of drug-likeness (QED) is 0.355. The van der Waals surface area contributed by atoms with Crippen LogP contribution in [0.3, 0.4) is 0 Å². The first-order valence-corrected chi connectivity index (χ1v) is 14.0. The van der Waals surface area contributed by atoms with Gasteiger partial charge in [-0.1, -0.05) is 24.3 Å². The third kappa shape index (κ3) is 5.69. The van der Waals surface area contributed by atoms with Crippen molar-refractivity contribution in [2.24, 2.45) is 0 Å². The minimum atomic E-state index is -0.923. The molecule has 8 heteroatoms. The van der Waals surface area contributed by atoms with Gasteiger partial charge in [-0.3, -0.25) is 14.4 Å². The summed E-state index contributed by atoms with van der Waals surface area (Å²) in [7, 11) is 1.53. The van der Waals surface area contributed by atoms with E-state index in [1.54, 1.807) is 18.2 Å². The molecule has 0 unspecified atom stereocenters. The molecule has 1 N–H and O–H groups in total. The second-order valence-corrected chi connectivity index (χ2v) is 10.6. The zero-order valence-electron chi connectivity index (χ0n) is 23.2. The number of allylic oxidation sites excluding steroid dienone is 5. The topological polar surface area (TPSA) is 93.1 Å². The molecule has 0 amide bonds. The summed E-state index contributed by atoms with van der Waals surface area (Å²) in [5.41, 5.74) is 5.01. The highest BCUT2D eigenvalue weighted by molar-refractivity contribution is 6.06. The summed E-state index contributed by atoms with van der Waals surface area (Å²) in [5, 5.41) is 9.42. The summed E-state index contributed by atoms with van der Waals surface area (Å²) in [6.07, 6.45) is 5.52. The maximum atomic E-state index is 13.8. The van der Waals surface area contributed by atoms with Gasteiger partial charge in [0.1, 0.15) is 12.4 Å². The highest BCUT2D eigenvalue weighted by Crippen LogP contribution is 2.50. The molecule has 0 spiro atoms. The molecule has 0 saturated carbocycles. The average molecular weight is 560 g/mol. The molecule has 5 rings (SSSR count). The van der Waals surface area contributed by atoms with Crippen molar-refractivity contribution < 1.29 is 33.4 Å². The molecule has 0 bridgehead atoms. The normalized spacial score (nSPS) is 17.4. The van der Waals surface area contributed by atoms with Gasteiger partial charge < -0.3 is 19.5 Å². The van der Waals surface area contributed by atoms with E-state index < -0.39 is 11.9 Å². The van der Waals surface area contributed by atoms with Crippen LogP contribution in [0.5, 0.6) is 11.5 Å². The molecule has 3 aliphatic rings. The Hall–Kier alpha value is -4.20. The van der Waals surface area contributed by atoms with Crippen LogP contribution in [0.15, 0.2) is 71.6 Å². The maximum Gasteiger partial charge on any atom is 0.305 e. The molecule has 0 atom stereocenters. The Morgan fingerprint density at radius 1 is 1.07 bits per heavy atom. The molecule has 0 saturated heterocycles. The third-order valence-corrected chi connectivity index (χ3v) is 7.98. The number of benzene rings is 2. The van der Waals surface area contributed by atoms with E-state index in [9.17, 15) is 23.9 Å². The second-order valence-electron chi connectivity index (χ2n) is 10.6. The lowest BCUT2D eigenvalue weighted by molar-refractivity contribution is -0.137. The number of aliphatic carboxylic acids is 1. The number of ether oxygens (including phenoxy) is 2. The van der Waals surface area contributed by atoms with Crippen LogP contribution in [0.2, 0.25) is 0 Å². The zero-order chi connectivity index (χ0) is 29.1. The van der Waals surface area contributed by atoms with E-state index in [4.69, 9.17) is 9.47 Å². The third-order valence-electron chi connectivity index (χ3n) is 7.98. The number of carboxylic acid groups (broad SMARTS) is 1. The zero-order valence-corrected chi connectivity index (χ0v) is 23.2. The summed E-state index contributed by atoms with van der Waals surface area (Å²) in [6.45, 7) is 4.24. The number of nitrogens with zero attached hydrogens (tertiary/aromatic N) is 1. The highest BCUT2D eigenvalue weighted by Gasteiger charge is 2.43. The van der Waals surface area contributed by atoms with Crippen molar-refractivity contribution in [3.05, 3.63) is 94.1 Å². The van der Waals surface area contributed by atoms with Gasteiger partial charge >= 0.3 is 5.97 Å². The predicted molar refractivity (Wildman–Crippen MR) is 151 cm³/mol. The number of Topliss-reactive ketones (excluding diaryl/α,β-unsaturated/α-hetero) is 2. The van der Waals surface area contributed by atoms with E-state index in [1.807, 2.05) is 17.0 Å². The van der Waals surface area contributed by atoms with E-state index in [0.717, 1.165) is 22.5 Å². The Morgan fingerprint density at radius 2 is 1.76 bits per heavy atom. The number of hydrogen-bond donors (Lipinski definition) is 1. The Labute approximate surface area is 238 Å². The highest BCUT2D eigenvalue weighted by atomic mass is 19.1. The summed E-state index contributed by atoms with van der Waals surface area (Å²) in [4.78, 5) is 40.6. The number of carbonyl (C=O) groups is 3. The van der Waals surface area contributed by atoms with Crippen LogP contribution in [0.1, 0.15) is 67.6 Å². The van der Waals surface area contributed by atoms with Crippen molar-refractivity contribution in [1.82, 2.24) is 4.90 Å². The van der Waals surface area contributed by atoms with Crippen LogP contribution in [-0.2, 0) is 27.4 Å². The van der Waals surface area contributed by atoms with Crippen LogP contribution in [0.4, 0.5) is 4.39 Å². The van der Waals surface area contributed by atoms with Crippen molar-refractivity contribution >= 4 is 17.5 Å². The number of ketones is 2. The molecule has 2 aromatic rings. The SMILES string of the molecule is C=CCc1cc(C2C3=C(CCCC3=O)N(CCC(=O)O)C3=C2C(=O)CCC3)cc(OC)c1OCc1cccc(F)c1. The summed E-state index contributed by atoms with van der Waals surface area (Å²) < 4.78 is 25.7. The molecule has 41 heavy (non-hydrogen) atoms. The summed E-state index contributed by atoms with van der Waals surface area (Å²) in [5.74, 6) is -0.941. The fourth-order valence-electron chi connectivity index (χ4n) is 6.28. The number of carbonyl (C=O) groups excluding carboxylic acids is 2. The minimum absolute atomic E-state index is 0.0165. The molecule has 1 aliphatic heterocycles. The van der Waals surface area contributed by atoms with E-state index in [2.05, 4.69) is 6.58 Å². The molecule has 2 aromatic carbocycles. The number of rotatable bonds is 10. The molecule has 1 heterocycles. The largest absolute Gasteiger partial charge is 0.493 e. The Morgan fingerprint density at radius 3 is 2.34 bits per heavy atom. The van der Waals surface area contributed by atoms with Gasteiger partial charge in [-0.2, -0.15) is 0 Å². The first-order chi connectivity index (χ1) is 19.8. The van der Waals surface area contributed by atoms with Gasteiger partial charge in [0.25, 0.3) is 0 Å². The molecule has 7 nitrogen and oxygen atoms in total. The van der Waals surface area contributed by atoms with Crippen LogP contribution in [-0.4, -0.2) is 41.2 Å². The van der Waals surface area contributed by atoms with Crippen molar-refractivity contribution in [2.75, 3.05) is 13.7 Å². The van der Waals surface area contributed by atoms with E-state index in [0.29, 0.717) is 73.2 Å². The van der Waals surface area contributed by atoms with Gasteiger partial charge in [0.05, 0.1) is 13.5 Å². The van der Waals surface area contributed by atoms with Crippen molar-refractivity contribution in [3.8, 4) is 11.5 Å². The maximum absolute atomic E-state index is 13.8. The van der Waals surface area contributed by atoms with Crippen molar-refractivity contribution in [2.45, 2.75) is 63.9 Å². The fourth-order valence-corrected chi connectivity index (χ4v) is 6.28. The number of carboxylic acids is 1. The number of halogens is 1. The smallest absolute Gasteiger partial charge is 0.305 e. The van der Waals surface area contributed by atoms with Gasteiger partial charge in [-0.15, -0.1) is 6.58 Å². The molecule has 214 valence electrons. The van der Waals surface area contributed by atoms with Gasteiger partial charge in [0.15, 0.2) is 23.1 Å². The van der Waals surface area contributed by atoms with Gasteiger partial charge in [-0.05, 0) is 61.4 Å². The van der Waals surface area contributed by atoms with E-state index in [1.165, 1.54) is 19.2 Å². The van der Waals surface area contributed by atoms with Crippen LogP contribution in [0, 0.1) is 5.82 Å². The Bertz CT molecular complexity index is 1430. The monoisotopic (exact) mass is 559 g/mol. The van der Waals surface area contributed by atoms with Gasteiger partial charge in [-0.25, -0.2) is 4.39 Å². The van der Waals surface area contributed by atoms with Gasteiger partial charge in [0.2, 0.25) is 0 Å². The van der Waals surface area contributed by atoms with Crippen molar-refractivity contribution in [3.63, 3.8) is 0 Å². The molecule has 0 aromatic heterocycles. The summed E-state index contributed by atoms with van der Waals surface area (Å²) >= 11 is 0. The fraction of sp³-hybridized carbons (Fsp3) is 0.364. The lowest BCUT2D eigenvalue weighted by atomic mass is 9.70. The first-order valence-electron chi connectivity index (χ1n) is 14.0.